The molecule has 0 aliphatic rings. The predicted molar refractivity (Wildman–Crippen MR) is 110 cm³/mol. The molecule has 1 heterocycles. The lowest BCUT2D eigenvalue weighted by Gasteiger charge is -2.13. The van der Waals surface area contributed by atoms with E-state index in [0.29, 0.717) is 12.1 Å². The number of aryl methyl sites for hydroxylation is 1. The number of rotatable bonds is 6. The summed E-state index contributed by atoms with van der Waals surface area (Å²) in [6.45, 7) is 3.90. The Balaban J connectivity index is 2.03. The van der Waals surface area contributed by atoms with Crippen molar-refractivity contribution in [2.75, 3.05) is 5.43 Å². The Bertz CT molecular complexity index is 1110. The number of hydrogen-bond acceptors (Lipinski definition) is 5. The quantitative estimate of drug-likeness (QED) is 0.454. The summed E-state index contributed by atoms with van der Waals surface area (Å²) >= 11 is 0. The van der Waals surface area contributed by atoms with Crippen LogP contribution in [0.25, 0.3) is 0 Å². The van der Waals surface area contributed by atoms with Crippen LogP contribution in [-0.2, 0) is 6.54 Å². The Morgan fingerprint density at radius 2 is 1.79 bits per heavy atom. The predicted octanol–water partition coefficient (Wildman–Crippen LogP) is 2.83. The molecule has 0 saturated heterocycles. The van der Waals surface area contributed by atoms with Gasteiger partial charge in [0.05, 0.1) is 17.9 Å². The third kappa shape index (κ3) is 4.03. The van der Waals surface area contributed by atoms with Gasteiger partial charge in [0.2, 0.25) is 5.88 Å². The minimum atomic E-state index is -0.669. The van der Waals surface area contributed by atoms with E-state index in [1.807, 2.05) is 68.4 Å². The van der Waals surface area contributed by atoms with Crippen molar-refractivity contribution in [3.05, 3.63) is 92.1 Å². The second-order valence-corrected chi connectivity index (χ2v) is 6.37. The van der Waals surface area contributed by atoms with E-state index < -0.39 is 17.1 Å². The van der Waals surface area contributed by atoms with Crippen molar-refractivity contribution in [1.82, 2.24) is 9.55 Å². The summed E-state index contributed by atoms with van der Waals surface area (Å²) in [6.07, 6.45) is 0.388. The molecule has 0 saturated carbocycles. The fraction of sp³-hybridized carbons (Fsp3) is 0.190. The van der Waals surface area contributed by atoms with Gasteiger partial charge in [-0.15, -0.1) is 0 Å². The maximum absolute atomic E-state index is 12.4. The van der Waals surface area contributed by atoms with Gasteiger partial charge in [0.15, 0.2) is 0 Å². The molecule has 0 spiro atoms. The lowest BCUT2D eigenvalue weighted by atomic mass is 10.1. The molecule has 3 aromatic rings. The molecule has 0 aliphatic carbocycles. The third-order valence-electron chi connectivity index (χ3n) is 4.44. The topological polar surface area (TPSA) is 99.5 Å². The fourth-order valence-corrected chi connectivity index (χ4v) is 2.87. The van der Waals surface area contributed by atoms with Gasteiger partial charge in [0.25, 0.3) is 5.56 Å². The Morgan fingerprint density at radius 1 is 1.11 bits per heavy atom. The molecule has 1 aromatic heterocycles. The largest absolute Gasteiger partial charge is 0.494 e. The summed E-state index contributed by atoms with van der Waals surface area (Å²) in [4.78, 5) is 26.9. The van der Waals surface area contributed by atoms with Crippen LogP contribution in [0.2, 0.25) is 0 Å². The molecular formula is C21H22N4O3. The Kier molecular flexibility index (Phi) is 5.74. The number of hydrogen-bond donors (Lipinski definition) is 3. The number of nitrogens with zero attached hydrogens (tertiary/aromatic N) is 2. The molecular weight excluding hydrogens is 356 g/mol. The summed E-state index contributed by atoms with van der Waals surface area (Å²) in [5.41, 5.74) is 4.55. The summed E-state index contributed by atoms with van der Waals surface area (Å²) in [5.74, 6) is -0.398. The van der Waals surface area contributed by atoms with Gasteiger partial charge in [0.1, 0.15) is 5.56 Å². The third-order valence-corrected chi connectivity index (χ3v) is 4.44. The van der Waals surface area contributed by atoms with Crippen LogP contribution in [0.3, 0.4) is 0 Å². The minimum Gasteiger partial charge on any atom is -0.494 e. The molecule has 7 nitrogen and oxygen atoms in total. The average molecular weight is 378 g/mol. The average Bonchev–Trinajstić information content (AvgIpc) is 2.69. The van der Waals surface area contributed by atoms with Crippen molar-refractivity contribution in [3.8, 4) is 5.88 Å². The maximum Gasteiger partial charge on any atom is 0.331 e. The second-order valence-electron chi connectivity index (χ2n) is 6.37. The lowest BCUT2D eigenvalue weighted by molar-refractivity contribution is 0.408. The smallest absolute Gasteiger partial charge is 0.331 e. The second kappa shape index (κ2) is 8.39. The highest BCUT2D eigenvalue weighted by atomic mass is 16.3. The number of aromatic amines is 1. The summed E-state index contributed by atoms with van der Waals surface area (Å²) in [7, 11) is 0. The number of hydrazone groups is 1. The Labute approximate surface area is 162 Å². The molecule has 7 heteroatoms. The van der Waals surface area contributed by atoms with Gasteiger partial charge in [-0.25, -0.2) is 4.79 Å². The maximum atomic E-state index is 12.4. The SMILES string of the molecule is CC/C(=N\Nc1ccccc1C)c1c(O)n(Cc2ccccc2)c(=O)[nH]c1=O. The highest BCUT2D eigenvalue weighted by Crippen LogP contribution is 2.17. The van der Waals surface area contributed by atoms with Crippen LogP contribution in [-0.4, -0.2) is 20.4 Å². The van der Waals surface area contributed by atoms with Crippen LogP contribution in [0.1, 0.15) is 30.0 Å². The summed E-state index contributed by atoms with van der Waals surface area (Å²) in [5, 5.41) is 15.0. The molecule has 28 heavy (non-hydrogen) atoms. The summed E-state index contributed by atoms with van der Waals surface area (Å²) in [6, 6.07) is 16.8. The van der Waals surface area contributed by atoms with E-state index in [1.54, 1.807) is 0 Å². The number of nitrogens with one attached hydrogen (secondary N) is 2. The van der Waals surface area contributed by atoms with Gasteiger partial charge in [-0.2, -0.15) is 5.10 Å². The monoisotopic (exact) mass is 378 g/mol. The first-order valence-corrected chi connectivity index (χ1v) is 8.99. The highest BCUT2D eigenvalue weighted by molar-refractivity contribution is 6.02. The van der Waals surface area contributed by atoms with Crippen LogP contribution in [0, 0.1) is 6.92 Å². The van der Waals surface area contributed by atoms with Crippen molar-refractivity contribution >= 4 is 11.4 Å². The van der Waals surface area contributed by atoms with Crippen LogP contribution in [0.5, 0.6) is 5.88 Å². The van der Waals surface area contributed by atoms with Crippen LogP contribution in [0.15, 0.2) is 69.3 Å². The molecule has 0 unspecified atom stereocenters. The number of anilines is 1. The Morgan fingerprint density at radius 3 is 2.46 bits per heavy atom. The molecule has 0 aliphatic heterocycles. The normalized spacial score (nSPS) is 11.4. The van der Waals surface area contributed by atoms with Crippen LogP contribution in [0.4, 0.5) is 5.69 Å². The molecule has 0 fully saturated rings. The van der Waals surface area contributed by atoms with E-state index in [1.165, 1.54) is 0 Å². The van der Waals surface area contributed by atoms with E-state index in [0.717, 1.165) is 21.4 Å². The number of aromatic hydroxyl groups is 1. The molecule has 144 valence electrons. The number of H-pyrrole nitrogens is 1. The van der Waals surface area contributed by atoms with Gasteiger partial charge in [-0.1, -0.05) is 55.5 Å². The first-order chi connectivity index (χ1) is 13.5. The Hall–Kier alpha value is -3.61. The minimum absolute atomic E-state index is 0.0147. The van der Waals surface area contributed by atoms with Crippen molar-refractivity contribution in [3.63, 3.8) is 0 Å². The zero-order valence-corrected chi connectivity index (χ0v) is 15.8. The van der Waals surface area contributed by atoms with Gasteiger partial charge < -0.3 is 5.11 Å². The molecule has 0 amide bonds. The molecule has 0 atom stereocenters. The van der Waals surface area contributed by atoms with Gasteiger partial charge in [0, 0.05) is 0 Å². The number of aromatic nitrogens is 2. The van der Waals surface area contributed by atoms with E-state index in [-0.39, 0.29) is 12.1 Å². The van der Waals surface area contributed by atoms with Crippen LogP contribution >= 0.6 is 0 Å². The highest BCUT2D eigenvalue weighted by Gasteiger charge is 2.18. The van der Waals surface area contributed by atoms with Crippen LogP contribution < -0.4 is 16.7 Å². The van der Waals surface area contributed by atoms with Crippen molar-refractivity contribution < 1.29 is 5.11 Å². The van der Waals surface area contributed by atoms with Crippen molar-refractivity contribution in [1.29, 1.82) is 0 Å². The molecule has 0 bridgehead atoms. The van der Waals surface area contributed by atoms with E-state index in [4.69, 9.17) is 0 Å². The molecule has 3 N–H and O–H groups in total. The molecule has 2 aromatic carbocycles. The number of para-hydroxylation sites is 1. The fourth-order valence-electron chi connectivity index (χ4n) is 2.87. The van der Waals surface area contributed by atoms with Crippen molar-refractivity contribution in [2.45, 2.75) is 26.8 Å². The number of benzene rings is 2. The lowest BCUT2D eigenvalue weighted by Crippen LogP contribution is -2.34. The van der Waals surface area contributed by atoms with Crippen molar-refractivity contribution in [2.24, 2.45) is 5.10 Å². The molecule has 3 rings (SSSR count). The first-order valence-electron chi connectivity index (χ1n) is 8.99. The van der Waals surface area contributed by atoms with Gasteiger partial charge >= 0.3 is 5.69 Å². The van der Waals surface area contributed by atoms with E-state index >= 15 is 0 Å². The zero-order chi connectivity index (χ0) is 20.1. The standard InChI is InChI=1S/C21H22N4O3/c1-3-16(23-24-17-12-8-7-9-14(17)2)18-19(26)22-21(28)25(20(18)27)13-15-10-5-4-6-11-15/h4-12,24,27H,3,13H2,1-2H3,(H,22,26,28)/b23-16+. The molecule has 0 radical (unpaired) electrons. The van der Waals surface area contributed by atoms with E-state index in [9.17, 15) is 14.7 Å². The van der Waals surface area contributed by atoms with Gasteiger partial charge in [-0.3, -0.25) is 19.8 Å². The zero-order valence-electron chi connectivity index (χ0n) is 15.8. The first kappa shape index (κ1) is 19.2. The van der Waals surface area contributed by atoms with E-state index in [2.05, 4.69) is 15.5 Å². The van der Waals surface area contributed by atoms with Gasteiger partial charge in [-0.05, 0) is 30.5 Å². The summed E-state index contributed by atoms with van der Waals surface area (Å²) < 4.78 is 1.13.